The van der Waals surface area contributed by atoms with Gasteiger partial charge in [-0.25, -0.2) is 4.68 Å². The van der Waals surface area contributed by atoms with Gasteiger partial charge in [0.05, 0.1) is 19.2 Å². The second kappa shape index (κ2) is 7.79. The van der Waals surface area contributed by atoms with E-state index in [-0.39, 0.29) is 18.2 Å². The van der Waals surface area contributed by atoms with Gasteiger partial charge in [0.25, 0.3) is 5.91 Å². The first-order valence-electron chi connectivity index (χ1n) is 9.53. The Bertz CT molecular complexity index is 1040. The second-order valence-electron chi connectivity index (χ2n) is 6.93. The van der Waals surface area contributed by atoms with Crippen LogP contribution < -0.4 is 15.4 Å². The third-order valence-electron chi connectivity index (χ3n) is 4.83. The van der Waals surface area contributed by atoms with Crippen LogP contribution in [0.15, 0.2) is 54.7 Å². The molecule has 1 aliphatic heterocycles. The summed E-state index contributed by atoms with van der Waals surface area (Å²) >= 11 is 0. The van der Waals surface area contributed by atoms with E-state index < -0.39 is 6.04 Å². The smallest absolute Gasteiger partial charge is 0.251 e. The van der Waals surface area contributed by atoms with E-state index in [4.69, 9.17) is 4.74 Å². The number of carbonyl (C=O) groups is 2. The van der Waals surface area contributed by atoms with E-state index in [0.29, 0.717) is 18.1 Å². The SMILES string of the molecule is CCOc1ccc(NC(=O)CC2C(=O)Nc3c(-c4ccc(C)cc4)cnn32)cc1. The number of hydrogen-bond donors (Lipinski definition) is 2. The maximum absolute atomic E-state index is 12.5. The Morgan fingerprint density at radius 3 is 2.59 bits per heavy atom. The molecule has 0 saturated heterocycles. The lowest BCUT2D eigenvalue weighted by Crippen LogP contribution is -2.23. The van der Waals surface area contributed by atoms with Gasteiger partial charge in [-0.15, -0.1) is 0 Å². The number of aromatic nitrogens is 2. The number of nitrogens with zero attached hydrogens (tertiary/aromatic N) is 2. The molecule has 3 aromatic rings. The van der Waals surface area contributed by atoms with Gasteiger partial charge >= 0.3 is 0 Å². The topological polar surface area (TPSA) is 85.2 Å². The molecule has 7 nitrogen and oxygen atoms in total. The minimum Gasteiger partial charge on any atom is -0.494 e. The number of benzene rings is 2. The number of aryl methyl sites for hydroxylation is 1. The molecule has 0 bridgehead atoms. The van der Waals surface area contributed by atoms with Crippen molar-refractivity contribution < 1.29 is 14.3 Å². The largest absolute Gasteiger partial charge is 0.494 e. The third-order valence-corrected chi connectivity index (χ3v) is 4.83. The lowest BCUT2D eigenvalue weighted by Gasteiger charge is -2.10. The van der Waals surface area contributed by atoms with Gasteiger partial charge in [0, 0.05) is 11.3 Å². The van der Waals surface area contributed by atoms with Crippen molar-refractivity contribution in [1.29, 1.82) is 0 Å². The zero-order chi connectivity index (χ0) is 20.4. The number of rotatable bonds is 6. The van der Waals surface area contributed by atoms with Crippen LogP contribution in [0.1, 0.15) is 24.9 Å². The first kappa shape index (κ1) is 18.7. The Hall–Kier alpha value is -3.61. The number of fused-ring (bicyclic) bond motifs is 1. The zero-order valence-electron chi connectivity index (χ0n) is 16.3. The number of amides is 2. The summed E-state index contributed by atoms with van der Waals surface area (Å²) in [5, 5.41) is 10.0. The van der Waals surface area contributed by atoms with Crippen molar-refractivity contribution in [2.24, 2.45) is 0 Å². The first-order chi connectivity index (χ1) is 14.0. The summed E-state index contributed by atoms with van der Waals surface area (Å²) in [7, 11) is 0. The fraction of sp³-hybridized carbons (Fsp3) is 0.227. The van der Waals surface area contributed by atoms with Gasteiger partial charge in [-0.1, -0.05) is 29.8 Å². The van der Waals surface area contributed by atoms with Gasteiger partial charge in [-0.2, -0.15) is 5.10 Å². The van der Waals surface area contributed by atoms with Gasteiger partial charge in [-0.05, 0) is 43.7 Å². The molecule has 2 N–H and O–H groups in total. The van der Waals surface area contributed by atoms with Crippen molar-refractivity contribution in [2.75, 3.05) is 17.2 Å². The molecular formula is C22H22N4O3. The lowest BCUT2D eigenvalue weighted by atomic mass is 10.1. The van der Waals surface area contributed by atoms with Crippen molar-refractivity contribution in [3.8, 4) is 16.9 Å². The second-order valence-corrected chi connectivity index (χ2v) is 6.93. The molecule has 7 heteroatoms. The van der Waals surface area contributed by atoms with Crippen LogP contribution in [0.2, 0.25) is 0 Å². The minimum atomic E-state index is -0.674. The molecule has 0 saturated carbocycles. The molecule has 29 heavy (non-hydrogen) atoms. The summed E-state index contributed by atoms with van der Waals surface area (Å²) in [6.07, 6.45) is 1.72. The quantitative estimate of drug-likeness (QED) is 0.671. The summed E-state index contributed by atoms with van der Waals surface area (Å²) in [6, 6.07) is 14.5. The molecule has 0 radical (unpaired) electrons. The summed E-state index contributed by atoms with van der Waals surface area (Å²) in [4.78, 5) is 25.0. The van der Waals surface area contributed by atoms with Gasteiger partial charge in [0.15, 0.2) is 0 Å². The molecule has 0 fully saturated rings. The third kappa shape index (κ3) is 3.85. The Morgan fingerprint density at radius 2 is 1.90 bits per heavy atom. The van der Waals surface area contributed by atoms with Crippen LogP contribution in [-0.2, 0) is 9.59 Å². The number of anilines is 2. The molecule has 1 aliphatic rings. The molecule has 1 unspecified atom stereocenters. The molecule has 2 heterocycles. The first-order valence-corrected chi connectivity index (χ1v) is 9.53. The number of hydrogen-bond acceptors (Lipinski definition) is 4. The molecular weight excluding hydrogens is 368 g/mol. The number of ether oxygens (including phenoxy) is 1. The molecule has 1 aromatic heterocycles. The Balaban J connectivity index is 1.47. The van der Waals surface area contributed by atoms with Gasteiger partial charge in [-0.3, -0.25) is 9.59 Å². The van der Waals surface area contributed by atoms with Crippen LogP contribution in [0.25, 0.3) is 11.1 Å². The molecule has 0 aliphatic carbocycles. The van der Waals surface area contributed by atoms with Crippen molar-refractivity contribution in [2.45, 2.75) is 26.3 Å². The van der Waals surface area contributed by atoms with Crippen LogP contribution >= 0.6 is 0 Å². The Kier molecular flexibility index (Phi) is 5.03. The van der Waals surface area contributed by atoms with Crippen LogP contribution in [0.5, 0.6) is 5.75 Å². The predicted octanol–water partition coefficient (Wildman–Crippen LogP) is 3.78. The normalized spacial score (nSPS) is 15.0. The van der Waals surface area contributed by atoms with E-state index in [9.17, 15) is 9.59 Å². The van der Waals surface area contributed by atoms with Crippen LogP contribution in [0, 0.1) is 6.92 Å². The highest BCUT2D eigenvalue weighted by Gasteiger charge is 2.35. The van der Waals surface area contributed by atoms with E-state index in [1.807, 2.05) is 38.1 Å². The Morgan fingerprint density at radius 1 is 1.17 bits per heavy atom. The standard InChI is InChI=1S/C22H22N4O3/c1-3-29-17-10-8-16(9-11-17)24-20(27)12-19-22(28)25-21-18(13-23-26(19)21)15-6-4-14(2)5-7-15/h4-11,13,19H,3,12H2,1-2H3,(H,24,27)(H,25,28). The average molecular weight is 390 g/mol. The Labute approximate surface area is 168 Å². The number of nitrogens with one attached hydrogen (secondary N) is 2. The summed E-state index contributed by atoms with van der Waals surface area (Å²) < 4.78 is 6.99. The molecule has 148 valence electrons. The fourth-order valence-corrected chi connectivity index (χ4v) is 3.35. The van der Waals surface area contributed by atoms with Gasteiger partial charge in [0.1, 0.15) is 17.6 Å². The highest BCUT2D eigenvalue weighted by Crippen LogP contribution is 2.35. The average Bonchev–Trinajstić information content (AvgIpc) is 3.24. The summed E-state index contributed by atoms with van der Waals surface area (Å²) in [6.45, 7) is 4.52. The van der Waals surface area contributed by atoms with E-state index >= 15 is 0 Å². The van der Waals surface area contributed by atoms with Crippen molar-refractivity contribution >= 4 is 23.3 Å². The highest BCUT2D eigenvalue weighted by atomic mass is 16.5. The molecule has 4 rings (SSSR count). The van der Waals surface area contributed by atoms with Crippen LogP contribution in [-0.4, -0.2) is 28.2 Å². The maximum Gasteiger partial charge on any atom is 0.251 e. The summed E-state index contributed by atoms with van der Waals surface area (Å²) in [5.74, 6) is 0.876. The maximum atomic E-state index is 12.5. The van der Waals surface area contributed by atoms with Crippen LogP contribution in [0.3, 0.4) is 0 Å². The summed E-state index contributed by atoms with van der Waals surface area (Å²) in [5.41, 5.74) is 3.62. The molecule has 1 atom stereocenters. The van der Waals surface area contributed by atoms with Crippen molar-refractivity contribution in [3.63, 3.8) is 0 Å². The zero-order valence-corrected chi connectivity index (χ0v) is 16.3. The van der Waals surface area contributed by atoms with E-state index in [1.54, 1.807) is 35.1 Å². The number of carbonyl (C=O) groups excluding carboxylic acids is 2. The van der Waals surface area contributed by atoms with Gasteiger partial charge < -0.3 is 15.4 Å². The van der Waals surface area contributed by atoms with Crippen LogP contribution in [0.4, 0.5) is 11.5 Å². The minimum absolute atomic E-state index is 0.00105. The van der Waals surface area contributed by atoms with Gasteiger partial charge in [0.2, 0.25) is 5.91 Å². The molecule has 0 spiro atoms. The highest BCUT2D eigenvalue weighted by molar-refractivity contribution is 6.04. The predicted molar refractivity (Wildman–Crippen MR) is 111 cm³/mol. The lowest BCUT2D eigenvalue weighted by molar-refractivity contribution is -0.123. The molecule has 2 aromatic carbocycles. The molecule has 2 amide bonds. The van der Waals surface area contributed by atoms with E-state index in [1.165, 1.54) is 0 Å². The van der Waals surface area contributed by atoms with E-state index in [0.717, 1.165) is 22.4 Å². The van der Waals surface area contributed by atoms with E-state index in [2.05, 4.69) is 15.7 Å². The van der Waals surface area contributed by atoms with Crippen molar-refractivity contribution in [3.05, 3.63) is 60.3 Å². The monoisotopic (exact) mass is 390 g/mol. The fourth-order valence-electron chi connectivity index (χ4n) is 3.35. The van der Waals surface area contributed by atoms with Crippen molar-refractivity contribution in [1.82, 2.24) is 9.78 Å².